The molecule has 0 radical (unpaired) electrons. The normalized spacial score (nSPS) is 20.0. The Kier molecular flexibility index (Phi) is 12.3. The number of allylic oxidation sites excluding steroid dienone is 2. The van der Waals surface area contributed by atoms with E-state index in [1.807, 2.05) is 24.3 Å². The SMILES string of the molecule is COc1cccc(-c2ccc(CO[C@@H]3CC(=O)[C@@H](N4CCOCC4)C3CC/C=C\CCC(=O)Oc3ccc(NC(C)=O)cc3)cc2)c1. The second kappa shape index (κ2) is 17.0. The summed E-state index contributed by atoms with van der Waals surface area (Å²) in [6.45, 7) is 4.65. The van der Waals surface area contributed by atoms with E-state index in [4.69, 9.17) is 18.9 Å². The molecule has 1 saturated heterocycles. The number of hydrogen-bond acceptors (Lipinski definition) is 8. The molecule has 1 aliphatic heterocycles. The van der Waals surface area contributed by atoms with Gasteiger partial charge in [0.25, 0.3) is 0 Å². The minimum atomic E-state index is -0.319. The van der Waals surface area contributed by atoms with Crippen LogP contribution in [0.2, 0.25) is 0 Å². The summed E-state index contributed by atoms with van der Waals surface area (Å²) in [4.78, 5) is 39.1. The first-order valence-electron chi connectivity index (χ1n) is 16.3. The van der Waals surface area contributed by atoms with Crippen LogP contribution in [-0.2, 0) is 30.5 Å². The number of benzene rings is 3. The number of hydrogen-bond donors (Lipinski definition) is 1. The van der Waals surface area contributed by atoms with Crippen molar-refractivity contribution in [3.8, 4) is 22.6 Å². The van der Waals surface area contributed by atoms with Crippen molar-refractivity contribution in [1.29, 1.82) is 0 Å². The third-order valence-electron chi connectivity index (χ3n) is 8.63. The van der Waals surface area contributed by atoms with Crippen LogP contribution in [0, 0.1) is 5.92 Å². The van der Waals surface area contributed by atoms with Gasteiger partial charge in [-0.2, -0.15) is 0 Å². The number of anilines is 1. The van der Waals surface area contributed by atoms with Crippen molar-refractivity contribution >= 4 is 23.3 Å². The number of carbonyl (C=O) groups is 3. The van der Waals surface area contributed by atoms with Crippen LogP contribution >= 0.6 is 0 Å². The van der Waals surface area contributed by atoms with Gasteiger partial charge in [0.2, 0.25) is 5.91 Å². The van der Waals surface area contributed by atoms with Crippen molar-refractivity contribution in [2.24, 2.45) is 5.92 Å². The number of morpholine rings is 1. The fraction of sp³-hybridized carbons (Fsp3) is 0.395. The first-order chi connectivity index (χ1) is 22.9. The lowest BCUT2D eigenvalue weighted by Gasteiger charge is -2.35. The minimum absolute atomic E-state index is 0.0757. The second-order valence-corrected chi connectivity index (χ2v) is 12.0. The van der Waals surface area contributed by atoms with Crippen LogP contribution in [0.5, 0.6) is 11.5 Å². The Bertz CT molecular complexity index is 1510. The van der Waals surface area contributed by atoms with Gasteiger partial charge in [0.15, 0.2) is 5.78 Å². The van der Waals surface area contributed by atoms with Crippen LogP contribution in [-0.4, -0.2) is 68.1 Å². The highest BCUT2D eigenvalue weighted by Crippen LogP contribution is 2.35. The minimum Gasteiger partial charge on any atom is -0.497 e. The Hall–Kier alpha value is -4.31. The van der Waals surface area contributed by atoms with Crippen molar-refractivity contribution < 1.29 is 33.3 Å². The maximum absolute atomic E-state index is 13.3. The Morgan fingerprint density at radius 2 is 1.68 bits per heavy atom. The fourth-order valence-electron chi connectivity index (χ4n) is 6.29. The van der Waals surface area contributed by atoms with Gasteiger partial charge in [-0.1, -0.05) is 48.6 Å². The van der Waals surface area contributed by atoms with Crippen molar-refractivity contribution in [3.63, 3.8) is 0 Å². The molecule has 0 spiro atoms. The van der Waals surface area contributed by atoms with Gasteiger partial charge in [0, 0.05) is 44.5 Å². The zero-order valence-electron chi connectivity index (χ0n) is 27.2. The molecule has 1 amide bonds. The smallest absolute Gasteiger partial charge is 0.311 e. The molecule has 5 rings (SSSR count). The number of Topliss-reactive ketones (excluding diaryl/α,β-unsaturated/α-hetero) is 1. The lowest BCUT2D eigenvalue weighted by Crippen LogP contribution is -2.49. The summed E-state index contributed by atoms with van der Waals surface area (Å²) >= 11 is 0. The third kappa shape index (κ3) is 9.84. The zero-order valence-corrected chi connectivity index (χ0v) is 27.2. The van der Waals surface area contributed by atoms with Crippen LogP contribution in [0.4, 0.5) is 5.69 Å². The summed E-state index contributed by atoms with van der Waals surface area (Å²) in [5, 5.41) is 2.68. The molecule has 2 fully saturated rings. The number of nitrogens with zero attached hydrogens (tertiary/aromatic N) is 1. The van der Waals surface area contributed by atoms with E-state index in [2.05, 4.69) is 46.6 Å². The maximum Gasteiger partial charge on any atom is 0.311 e. The van der Waals surface area contributed by atoms with Crippen molar-refractivity contribution in [3.05, 3.63) is 90.5 Å². The lowest BCUT2D eigenvalue weighted by atomic mass is 9.93. The molecular weight excluding hydrogens is 596 g/mol. The Labute approximate surface area is 276 Å². The van der Waals surface area contributed by atoms with Gasteiger partial charge in [-0.05, 0) is 72.4 Å². The topological polar surface area (TPSA) is 103 Å². The van der Waals surface area contributed by atoms with E-state index in [0.29, 0.717) is 44.1 Å². The molecule has 1 unspecified atom stereocenters. The monoisotopic (exact) mass is 640 g/mol. The Morgan fingerprint density at radius 1 is 0.936 bits per heavy atom. The highest BCUT2D eigenvalue weighted by atomic mass is 16.5. The first-order valence-corrected chi connectivity index (χ1v) is 16.3. The van der Waals surface area contributed by atoms with E-state index in [1.54, 1.807) is 31.4 Å². The van der Waals surface area contributed by atoms with Crippen LogP contribution in [0.25, 0.3) is 11.1 Å². The summed E-state index contributed by atoms with van der Waals surface area (Å²) in [6, 6.07) is 22.9. The predicted octanol–water partition coefficient (Wildman–Crippen LogP) is 6.22. The molecule has 9 heteroatoms. The highest BCUT2D eigenvalue weighted by molar-refractivity contribution is 5.89. The summed E-state index contributed by atoms with van der Waals surface area (Å²) in [7, 11) is 1.67. The van der Waals surface area contributed by atoms with Gasteiger partial charge in [0.05, 0.1) is 39.1 Å². The van der Waals surface area contributed by atoms with Crippen LogP contribution in [0.15, 0.2) is 84.9 Å². The maximum atomic E-state index is 13.3. The van der Waals surface area contributed by atoms with E-state index >= 15 is 0 Å². The molecule has 248 valence electrons. The van der Waals surface area contributed by atoms with Crippen LogP contribution < -0.4 is 14.8 Å². The second-order valence-electron chi connectivity index (χ2n) is 12.0. The van der Waals surface area contributed by atoms with E-state index in [-0.39, 0.29) is 42.1 Å². The average molecular weight is 641 g/mol. The van der Waals surface area contributed by atoms with Crippen LogP contribution in [0.3, 0.4) is 0 Å². The summed E-state index contributed by atoms with van der Waals surface area (Å²) in [5.41, 5.74) is 3.90. The number of methoxy groups -OCH3 is 1. The largest absolute Gasteiger partial charge is 0.497 e. The summed E-state index contributed by atoms with van der Waals surface area (Å²) in [6.07, 6.45) is 6.76. The van der Waals surface area contributed by atoms with Gasteiger partial charge < -0.3 is 24.3 Å². The van der Waals surface area contributed by atoms with E-state index < -0.39 is 0 Å². The summed E-state index contributed by atoms with van der Waals surface area (Å²) in [5.74, 6) is 1.10. The molecule has 1 N–H and O–H groups in total. The molecule has 3 atom stereocenters. The molecule has 9 nitrogen and oxygen atoms in total. The Morgan fingerprint density at radius 3 is 2.40 bits per heavy atom. The summed E-state index contributed by atoms with van der Waals surface area (Å²) < 4.78 is 22.8. The van der Waals surface area contributed by atoms with Crippen molar-refractivity contribution in [1.82, 2.24) is 4.90 Å². The highest BCUT2D eigenvalue weighted by Gasteiger charge is 2.45. The van der Waals surface area contributed by atoms with E-state index in [9.17, 15) is 14.4 Å². The third-order valence-corrected chi connectivity index (χ3v) is 8.63. The number of ether oxygens (including phenoxy) is 4. The van der Waals surface area contributed by atoms with E-state index in [1.165, 1.54) is 6.92 Å². The molecular formula is C38H44N2O7. The van der Waals surface area contributed by atoms with Crippen LogP contribution in [0.1, 0.15) is 44.6 Å². The number of carbonyl (C=O) groups excluding carboxylic acids is 3. The number of nitrogens with one attached hydrogen (secondary N) is 1. The van der Waals surface area contributed by atoms with Gasteiger partial charge in [-0.3, -0.25) is 19.3 Å². The molecule has 3 aromatic rings. The zero-order chi connectivity index (χ0) is 33.0. The average Bonchev–Trinajstić information content (AvgIpc) is 3.40. The number of esters is 1. The molecule has 0 bridgehead atoms. The van der Waals surface area contributed by atoms with Gasteiger partial charge in [0.1, 0.15) is 11.5 Å². The lowest BCUT2D eigenvalue weighted by molar-refractivity contribution is -0.134. The van der Waals surface area contributed by atoms with Gasteiger partial charge in [-0.25, -0.2) is 0 Å². The number of ketones is 1. The fourth-order valence-corrected chi connectivity index (χ4v) is 6.29. The van der Waals surface area contributed by atoms with Gasteiger partial charge >= 0.3 is 5.97 Å². The molecule has 2 aliphatic rings. The number of amides is 1. The molecule has 3 aromatic carbocycles. The van der Waals surface area contributed by atoms with Gasteiger partial charge in [-0.15, -0.1) is 0 Å². The molecule has 1 saturated carbocycles. The number of rotatable bonds is 14. The van der Waals surface area contributed by atoms with Crippen molar-refractivity contribution in [2.45, 2.75) is 57.8 Å². The van der Waals surface area contributed by atoms with Crippen molar-refractivity contribution in [2.75, 3.05) is 38.7 Å². The standard InChI is InChI=1S/C38H44N2O7/c1-27(41)39-31-16-18-32(19-17-31)47-37(43)11-6-4-3-5-10-34-36(25-35(42)38(34)40-20-22-45-23-21-40)46-26-28-12-14-29(15-13-28)30-8-7-9-33(24-30)44-2/h3-4,7-9,12-19,24,34,36,38H,5-6,10-11,20-23,25-26H2,1-2H3,(H,39,41)/b4-3-/t34?,36-,38+/m1/s1. The molecule has 47 heavy (non-hydrogen) atoms. The quantitative estimate of drug-likeness (QED) is 0.126. The predicted molar refractivity (Wildman–Crippen MR) is 180 cm³/mol. The molecule has 0 aromatic heterocycles. The Balaban J connectivity index is 1.13. The van der Waals surface area contributed by atoms with E-state index in [0.717, 1.165) is 48.4 Å². The molecule has 1 heterocycles. The first kappa shape index (κ1) is 34.0. The molecule has 1 aliphatic carbocycles.